The quantitative estimate of drug-likeness (QED) is 0.865. The van der Waals surface area contributed by atoms with Crippen molar-refractivity contribution in [2.75, 3.05) is 0 Å². The van der Waals surface area contributed by atoms with E-state index in [1.54, 1.807) is 0 Å². The molecule has 1 N–H and O–H groups in total. The molecular formula is C11H12BrFO. The van der Waals surface area contributed by atoms with E-state index in [0.717, 1.165) is 28.4 Å². The van der Waals surface area contributed by atoms with Gasteiger partial charge < -0.3 is 5.11 Å². The standard InChI is InChI=1S/C11H12BrFO/c1-7-8(6-11(14)2-3-11)4-9(13)5-10(7)12/h4-5,14H,2-3,6H2,1H3. The van der Waals surface area contributed by atoms with Crippen molar-refractivity contribution in [2.24, 2.45) is 0 Å². The molecule has 14 heavy (non-hydrogen) atoms. The number of hydrogen-bond donors (Lipinski definition) is 1. The molecule has 0 radical (unpaired) electrons. The largest absolute Gasteiger partial charge is 0.390 e. The van der Waals surface area contributed by atoms with Crippen LogP contribution in [0.2, 0.25) is 0 Å². The summed E-state index contributed by atoms with van der Waals surface area (Å²) in [6.45, 7) is 1.94. The van der Waals surface area contributed by atoms with E-state index < -0.39 is 5.60 Å². The fourth-order valence-electron chi connectivity index (χ4n) is 1.56. The van der Waals surface area contributed by atoms with Crippen molar-refractivity contribution in [1.82, 2.24) is 0 Å². The van der Waals surface area contributed by atoms with Gasteiger partial charge in [0.1, 0.15) is 5.82 Å². The number of aliphatic hydroxyl groups is 1. The first-order valence-electron chi connectivity index (χ1n) is 4.67. The summed E-state index contributed by atoms with van der Waals surface area (Å²) in [5.41, 5.74) is 1.36. The Morgan fingerprint density at radius 3 is 2.71 bits per heavy atom. The molecule has 0 spiro atoms. The summed E-state index contributed by atoms with van der Waals surface area (Å²) in [5, 5.41) is 9.75. The second-order valence-corrected chi connectivity index (χ2v) is 4.93. The fourth-order valence-corrected chi connectivity index (χ4v) is 2.03. The minimum atomic E-state index is -0.558. The first-order chi connectivity index (χ1) is 6.50. The Balaban J connectivity index is 2.32. The molecule has 1 aliphatic carbocycles. The zero-order valence-corrected chi connectivity index (χ0v) is 9.57. The molecule has 1 aromatic carbocycles. The van der Waals surface area contributed by atoms with Gasteiger partial charge in [0.05, 0.1) is 5.60 Å². The summed E-state index contributed by atoms with van der Waals surface area (Å²) in [4.78, 5) is 0. The monoisotopic (exact) mass is 258 g/mol. The highest BCUT2D eigenvalue weighted by Crippen LogP contribution is 2.39. The molecule has 1 saturated carbocycles. The van der Waals surface area contributed by atoms with Gasteiger partial charge >= 0.3 is 0 Å². The molecule has 1 fully saturated rings. The summed E-state index contributed by atoms with van der Waals surface area (Å²) >= 11 is 3.30. The lowest BCUT2D eigenvalue weighted by molar-refractivity contribution is 0.150. The summed E-state index contributed by atoms with van der Waals surface area (Å²) in [6.07, 6.45) is 2.23. The van der Waals surface area contributed by atoms with Gasteiger partial charge in [-0.3, -0.25) is 0 Å². The van der Waals surface area contributed by atoms with Crippen molar-refractivity contribution >= 4 is 15.9 Å². The van der Waals surface area contributed by atoms with Crippen LogP contribution in [-0.2, 0) is 6.42 Å². The van der Waals surface area contributed by atoms with Gasteiger partial charge in [-0.1, -0.05) is 15.9 Å². The highest BCUT2D eigenvalue weighted by Gasteiger charge is 2.40. The van der Waals surface area contributed by atoms with Crippen LogP contribution in [0.3, 0.4) is 0 Å². The molecular weight excluding hydrogens is 247 g/mol. The van der Waals surface area contributed by atoms with Gasteiger partial charge in [0.15, 0.2) is 0 Å². The van der Waals surface area contributed by atoms with Crippen LogP contribution < -0.4 is 0 Å². The van der Waals surface area contributed by atoms with E-state index in [0.29, 0.717) is 6.42 Å². The average Bonchev–Trinajstić information content (AvgIpc) is 2.79. The maximum atomic E-state index is 13.1. The van der Waals surface area contributed by atoms with Gasteiger partial charge in [0, 0.05) is 10.9 Å². The van der Waals surface area contributed by atoms with Crippen molar-refractivity contribution < 1.29 is 9.50 Å². The lowest BCUT2D eigenvalue weighted by Gasteiger charge is -2.11. The first-order valence-corrected chi connectivity index (χ1v) is 5.46. The molecule has 1 nitrogen and oxygen atoms in total. The van der Waals surface area contributed by atoms with Crippen molar-refractivity contribution in [3.05, 3.63) is 33.5 Å². The zero-order chi connectivity index (χ0) is 10.3. The van der Waals surface area contributed by atoms with E-state index in [2.05, 4.69) is 15.9 Å². The minimum Gasteiger partial charge on any atom is -0.390 e. The van der Waals surface area contributed by atoms with Crippen LogP contribution in [-0.4, -0.2) is 10.7 Å². The molecule has 0 aromatic heterocycles. The predicted octanol–water partition coefficient (Wildman–Crippen LogP) is 2.96. The van der Waals surface area contributed by atoms with Gasteiger partial charge in [-0.05, 0) is 43.0 Å². The first kappa shape index (κ1) is 10.1. The van der Waals surface area contributed by atoms with Crippen LogP contribution in [0, 0.1) is 12.7 Å². The summed E-state index contributed by atoms with van der Waals surface area (Å²) in [7, 11) is 0. The Labute approximate surface area is 91.1 Å². The SMILES string of the molecule is Cc1c(Br)cc(F)cc1CC1(O)CC1. The van der Waals surface area contributed by atoms with Crippen LogP contribution in [0.4, 0.5) is 4.39 Å². The molecule has 0 aliphatic heterocycles. The molecule has 0 amide bonds. The topological polar surface area (TPSA) is 20.2 Å². The smallest absolute Gasteiger partial charge is 0.124 e. The minimum absolute atomic E-state index is 0.248. The number of hydrogen-bond acceptors (Lipinski definition) is 1. The number of benzene rings is 1. The molecule has 1 aliphatic rings. The van der Waals surface area contributed by atoms with Gasteiger partial charge in [0.2, 0.25) is 0 Å². The van der Waals surface area contributed by atoms with E-state index >= 15 is 0 Å². The van der Waals surface area contributed by atoms with E-state index in [1.807, 2.05) is 6.92 Å². The third-order valence-electron chi connectivity index (χ3n) is 2.76. The lowest BCUT2D eigenvalue weighted by atomic mass is 10.0. The highest BCUT2D eigenvalue weighted by atomic mass is 79.9. The van der Waals surface area contributed by atoms with Crippen LogP contribution in [0.15, 0.2) is 16.6 Å². The van der Waals surface area contributed by atoms with Gasteiger partial charge in [-0.15, -0.1) is 0 Å². The molecule has 0 saturated heterocycles. The van der Waals surface area contributed by atoms with Gasteiger partial charge in [-0.25, -0.2) is 4.39 Å². The highest BCUT2D eigenvalue weighted by molar-refractivity contribution is 9.10. The van der Waals surface area contributed by atoms with Crippen molar-refractivity contribution in [1.29, 1.82) is 0 Å². The Hall–Kier alpha value is -0.410. The average molecular weight is 259 g/mol. The van der Waals surface area contributed by atoms with Crippen molar-refractivity contribution in [3.63, 3.8) is 0 Å². The van der Waals surface area contributed by atoms with Crippen molar-refractivity contribution in [3.8, 4) is 0 Å². The van der Waals surface area contributed by atoms with E-state index in [4.69, 9.17) is 0 Å². The van der Waals surface area contributed by atoms with Crippen LogP contribution in [0.25, 0.3) is 0 Å². The third-order valence-corrected chi connectivity index (χ3v) is 3.59. The molecule has 0 heterocycles. The summed E-state index contributed by atoms with van der Waals surface area (Å²) in [5.74, 6) is -0.248. The Kier molecular flexibility index (Phi) is 2.40. The van der Waals surface area contributed by atoms with Crippen LogP contribution >= 0.6 is 15.9 Å². The lowest BCUT2D eigenvalue weighted by Crippen LogP contribution is -2.12. The normalized spacial score (nSPS) is 18.3. The van der Waals surface area contributed by atoms with E-state index in [1.165, 1.54) is 12.1 Å². The van der Waals surface area contributed by atoms with Crippen LogP contribution in [0.1, 0.15) is 24.0 Å². The zero-order valence-electron chi connectivity index (χ0n) is 7.98. The van der Waals surface area contributed by atoms with E-state index in [9.17, 15) is 9.50 Å². The van der Waals surface area contributed by atoms with Gasteiger partial charge in [-0.2, -0.15) is 0 Å². The van der Waals surface area contributed by atoms with E-state index in [-0.39, 0.29) is 5.82 Å². The Bertz CT molecular complexity index is 372. The Morgan fingerprint density at radius 2 is 2.14 bits per heavy atom. The molecule has 0 unspecified atom stereocenters. The van der Waals surface area contributed by atoms with Gasteiger partial charge in [0.25, 0.3) is 0 Å². The second-order valence-electron chi connectivity index (χ2n) is 4.07. The molecule has 3 heteroatoms. The van der Waals surface area contributed by atoms with Crippen LogP contribution in [0.5, 0.6) is 0 Å². The molecule has 2 rings (SSSR count). The third kappa shape index (κ3) is 1.98. The fraction of sp³-hybridized carbons (Fsp3) is 0.455. The maximum absolute atomic E-state index is 13.1. The summed E-state index contributed by atoms with van der Waals surface area (Å²) < 4.78 is 13.9. The molecule has 0 atom stereocenters. The second kappa shape index (κ2) is 3.31. The predicted molar refractivity (Wildman–Crippen MR) is 56.7 cm³/mol. The molecule has 1 aromatic rings. The molecule has 0 bridgehead atoms. The summed E-state index contributed by atoms with van der Waals surface area (Å²) in [6, 6.07) is 2.96. The number of rotatable bonds is 2. The maximum Gasteiger partial charge on any atom is 0.124 e. The van der Waals surface area contributed by atoms with Crippen molar-refractivity contribution in [2.45, 2.75) is 31.8 Å². The molecule has 76 valence electrons. The number of halogens is 2. The Morgan fingerprint density at radius 1 is 1.50 bits per heavy atom.